The molecule has 0 aliphatic heterocycles. The van der Waals surface area contributed by atoms with Crippen LogP contribution in [0.15, 0.2) is 78.9 Å². The second-order valence-corrected chi connectivity index (χ2v) is 9.41. The van der Waals surface area contributed by atoms with Crippen LogP contribution in [0, 0.1) is 11.8 Å². The molecule has 3 aromatic rings. The molecule has 0 saturated carbocycles. The molecule has 174 valence electrons. The molecule has 1 amide bonds. The minimum Gasteiger partial charge on any atom is -0.352 e. The second kappa shape index (κ2) is 12.4. The van der Waals surface area contributed by atoms with Crippen molar-refractivity contribution >= 4 is 5.91 Å². The van der Waals surface area contributed by atoms with E-state index in [0.29, 0.717) is 24.3 Å². The maximum Gasteiger partial charge on any atom is 0.251 e. The fraction of sp³-hybridized carbons (Fsp3) is 0.387. The van der Waals surface area contributed by atoms with E-state index in [4.69, 9.17) is 0 Å². The van der Waals surface area contributed by atoms with Gasteiger partial charge in [0.2, 0.25) is 0 Å². The number of hydrogen-bond acceptors (Lipinski definition) is 1. The zero-order chi connectivity index (χ0) is 23.6. The van der Waals surface area contributed by atoms with E-state index in [1.54, 1.807) is 0 Å². The van der Waals surface area contributed by atoms with Gasteiger partial charge >= 0.3 is 0 Å². The van der Waals surface area contributed by atoms with Crippen molar-refractivity contribution in [1.29, 1.82) is 0 Å². The zero-order valence-corrected chi connectivity index (χ0v) is 20.7. The Balaban J connectivity index is 1.85. The van der Waals surface area contributed by atoms with Crippen LogP contribution in [-0.2, 0) is 6.42 Å². The molecule has 3 rings (SSSR count). The minimum atomic E-state index is 0.0104. The largest absolute Gasteiger partial charge is 0.352 e. The summed E-state index contributed by atoms with van der Waals surface area (Å²) in [5.74, 6) is 1.75. The third kappa shape index (κ3) is 6.57. The molecule has 3 unspecified atom stereocenters. The Morgan fingerprint density at radius 2 is 1.45 bits per heavy atom. The lowest BCUT2D eigenvalue weighted by atomic mass is 9.78. The molecular formula is C31H39NO. The lowest BCUT2D eigenvalue weighted by molar-refractivity contribution is 0.0954. The van der Waals surface area contributed by atoms with Gasteiger partial charge in [0.15, 0.2) is 0 Å². The Labute approximate surface area is 200 Å². The van der Waals surface area contributed by atoms with Crippen LogP contribution in [0.2, 0.25) is 0 Å². The molecule has 3 aromatic carbocycles. The van der Waals surface area contributed by atoms with Gasteiger partial charge in [-0.15, -0.1) is 0 Å². The first kappa shape index (κ1) is 24.8. The highest BCUT2D eigenvalue weighted by atomic mass is 16.1. The van der Waals surface area contributed by atoms with Crippen molar-refractivity contribution in [2.75, 3.05) is 6.54 Å². The van der Waals surface area contributed by atoms with Gasteiger partial charge in [-0.1, -0.05) is 107 Å². The van der Waals surface area contributed by atoms with Crippen molar-refractivity contribution in [1.82, 2.24) is 5.32 Å². The van der Waals surface area contributed by atoms with Crippen molar-refractivity contribution in [3.05, 3.63) is 95.6 Å². The van der Waals surface area contributed by atoms with Gasteiger partial charge in [0.1, 0.15) is 0 Å². The van der Waals surface area contributed by atoms with Crippen LogP contribution in [0.3, 0.4) is 0 Å². The molecule has 2 nitrogen and oxygen atoms in total. The summed E-state index contributed by atoms with van der Waals surface area (Å²) in [7, 11) is 0. The SMILES string of the molecule is CCCNC(=O)c1ccccc1-c1ccccc1CC(C)CC(c1ccccc1)C(C)CC. The maximum atomic E-state index is 12.8. The van der Waals surface area contributed by atoms with Crippen LogP contribution in [-0.4, -0.2) is 12.5 Å². The Morgan fingerprint density at radius 3 is 2.15 bits per heavy atom. The fourth-order valence-corrected chi connectivity index (χ4v) is 4.78. The van der Waals surface area contributed by atoms with E-state index in [1.807, 2.05) is 18.2 Å². The predicted octanol–water partition coefficient (Wildman–Crippen LogP) is 7.89. The molecule has 2 heteroatoms. The first-order valence-corrected chi connectivity index (χ1v) is 12.6. The van der Waals surface area contributed by atoms with Gasteiger partial charge in [0.05, 0.1) is 0 Å². The van der Waals surface area contributed by atoms with Gasteiger partial charge in [-0.3, -0.25) is 4.79 Å². The summed E-state index contributed by atoms with van der Waals surface area (Å²) in [4.78, 5) is 12.8. The highest BCUT2D eigenvalue weighted by Gasteiger charge is 2.22. The van der Waals surface area contributed by atoms with Crippen molar-refractivity contribution in [2.24, 2.45) is 11.8 Å². The molecule has 0 aliphatic rings. The Bertz CT molecular complexity index is 1010. The monoisotopic (exact) mass is 441 g/mol. The van der Waals surface area contributed by atoms with Gasteiger partial charge in [0, 0.05) is 12.1 Å². The summed E-state index contributed by atoms with van der Waals surface area (Å²) >= 11 is 0. The Hall–Kier alpha value is -2.87. The highest BCUT2D eigenvalue weighted by molar-refractivity contribution is 6.01. The minimum absolute atomic E-state index is 0.0104. The third-order valence-electron chi connectivity index (χ3n) is 6.80. The molecule has 0 spiro atoms. The van der Waals surface area contributed by atoms with Crippen LogP contribution in [0.4, 0.5) is 0 Å². The van der Waals surface area contributed by atoms with Crippen molar-refractivity contribution in [3.8, 4) is 11.1 Å². The summed E-state index contributed by atoms with van der Waals surface area (Å²) in [5.41, 5.74) is 5.72. The zero-order valence-electron chi connectivity index (χ0n) is 20.7. The molecule has 0 heterocycles. The van der Waals surface area contributed by atoms with E-state index in [2.05, 4.69) is 93.7 Å². The third-order valence-corrected chi connectivity index (χ3v) is 6.80. The average molecular weight is 442 g/mol. The van der Waals surface area contributed by atoms with Crippen LogP contribution in [0.5, 0.6) is 0 Å². The number of nitrogens with one attached hydrogen (secondary N) is 1. The average Bonchev–Trinajstić information content (AvgIpc) is 2.86. The molecule has 0 aromatic heterocycles. The molecule has 1 N–H and O–H groups in total. The van der Waals surface area contributed by atoms with Crippen LogP contribution < -0.4 is 5.32 Å². The molecule has 0 radical (unpaired) electrons. The number of carbonyl (C=O) groups is 1. The van der Waals surface area contributed by atoms with E-state index < -0.39 is 0 Å². The summed E-state index contributed by atoms with van der Waals surface area (Å²) in [6.07, 6.45) is 4.27. The maximum absolute atomic E-state index is 12.8. The number of hydrogen-bond donors (Lipinski definition) is 1. The van der Waals surface area contributed by atoms with Gasteiger partial charge in [0.25, 0.3) is 5.91 Å². The van der Waals surface area contributed by atoms with E-state index in [1.165, 1.54) is 23.1 Å². The van der Waals surface area contributed by atoms with E-state index in [-0.39, 0.29) is 5.91 Å². The molecule has 3 atom stereocenters. The smallest absolute Gasteiger partial charge is 0.251 e. The van der Waals surface area contributed by atoms with Crippen molar-refractivity contribution in [2.45, 2.75) is 59.3 Å². The molecule has 0 fully saturated rings. The Kier molecular flexibility index (Phi) is 9.30. The quantitative estimate of drug-likeness (QED) is 0.322. The lowest BCUT2D eigenvalue weighted by Crippen LogP contribution is -2.24. The topological polar surface area (TPSA) is 29.1 Å². The number of amides is 1. The second-order valence-electron chi connectivity index (χ2n) is 9.41. The summed E-state index contributed by atoms with van der Waals surface area (Å²) in [6.45, 7) is 9.81. The summed E-state index contributed by atoms with van der Waals surface area (Å²) in [5, 5.41) is 3.04. The first-order chi connectivity index (χ1) is 16.0. The van der Waals surface area contributed by atoms with Gasteiger partial charge in [-0.05, 0) is 65.3 Å². The van der Waals surface area contributed by atoms with Gasteiger partial charge in [-0.2, -0.15) is 0 Å². The summed E-state index contributed by atoms with van der Waals surface area (Å²) in [6, 6.07) is 27.6. The number of benzene rings is 3. The van der Waals surface area contributed by atoms with Crippen LogP contribution in [0.25, 0.3) is 11.1 Å². The standard InChI is InChI=1S/C31H39NO/c1-5-20-32-31(33)29-19-13-12-18-28(29)27-17-11-10-16-26(27)21-23(3)22-30(24(4)6-2)25-14-8-7-9-15-25/h7-19,23-24,30H,5-6,20-22H2,1-4H3,(H,32,33). The summed E-state index contributed by atoms with van der Waals surface area (Å²) < 4.78 is 0. The first-order valence-electron chi connectivity index (χ1n) is 12.6. The van der Waals surface area contributed by atoms with E-state index in [0.717, 1.165) is 30.4 Å². The normalized spacial score (nSPS) is 13.8. The highest BCUT2D eigenvalue weighted by Crippen LogP contribution is 2.35. The lowest BCUT2D eigenvalue weighted by Gasteiger charge is -2.27. The molecule has 0 bridgehead atoms. The molecule has 0 aliphatic carbocycles. The number of carbonyl (C=O) groups excluding carboxylic acids is 1. The fourth-order valence-electron chi connectivity index (χ4n) is 4.78. The predicted molar refractivity (Wildman–Crippen MR) is 141 cm³/mol. The van der Waals surface area contributed by atoms with Crippen molar-refractivity contribution in [3.63, 3.8) is 0 Å². The van der Waals surface area contributed by atoms with Gasteiger partial charge < -0.3 is 5.32 Å². The molecular weight excluding hydrogens is 402 g/mol. The van der Waals surface area contributed by atoms with Crippen LogP contribution >= 0.6 is 0 Å². The van der Waals surface area contributed by atoms with Crippen molar-refractivity contribution < 1.29 is 4.79 Å². The van der Waals surface area contributed by atoms with E-state index >= 15 is 0 Å². The molecule has 33 heavy (non-hydrogen) atoms. The van der Waals surface area contributed by atoms with Crippen LogP contribution in [0.1, 0.15) is 74.4 Å². The van der Waals surface area contributed by atoms with E-state index in [9.17, 15) is 4.79 Å². The Morgan fingerprint density at radius 1 is 0.818 bits per heavy atom. The molecule has 0 saturated heterocycles. The van der Waals surface area contributed by atoms with Gasteiger partial charge in [-0.25, -0.2) is 0 Å². The number of rotatable bonds is 11.